The summed E-state index contributed by atoms with van der Waals surface area (Å²) in [6.45, 7) is 5.78. The Kier molecular flexibility index (Phi) is 5.14. The molecule has 0 aromatic heterocycles. The standard InChI is InChI=1S/C19H23NO3/c1-14(2)8-7-11-19(3,13-21)16-12-17(22)20(18(16)23)15-9-5-4-6-10-15/h4-6,8-10,13,16H,7,11-12H2,1-3H3/t16-,19?/m0/s1. The lowest BCUT2D eigenvalue weighted by molar-refractivity contribution is -0.130. The minimum atomic E-state index is -0.817. The van der Waals surface area contributed by atoms with E-state index in [1.807, 2.05) is 19.9 Å². The van der Waals surface area contributed by atoms with Gasteiger partial charge in [0.1, 0.15) is 6.29 Å². The fourth-order valence-corrected chi connectivity index (χ4v) is 2.98. The van der Waals surface area contributed by atoms with Crippen LogP contribution in [0.15, 0.2) is 42.0 Å². The van der Waals surface area contributed by atoms with Gasteiger partial charge in [-0.25, -0.2) is 0 Å². The second-order valence-electron chi connectivity index (χ2n) is 6.60. The molecule has 2 rings (SSSR count). The molecular weight excluding hydrogens is 290 g/mol. The maximum Gasteiger partial charge on any atom is 0.238 e. The van der Waals surface area contributed by atoms with Gasteiger partial charge in [-0.1, -0.05) is 36.8 Å². The molecule has 4 heteroatoms. The van der Waals surface area contributed by atoms with Crippen LogP contribution >= 0.6 is 0 Å². The van der Waals surface area contributed by atoms with E-state index in [0.29, 0.717) is 12.1 Å². The summed E-state index contributed by atoms with van der Waals surface area (Å²) in [4.78, 5) is 38.0. The van der Waals surface area contributed by atoms with Crippen molar-refractivity contribution in [1.82, 2.24) is 0 Å². The summed E-state index contributed by atoms with van der Waals surface area (Å²) in [6, 6.07) is 8.88. The molecule has 2 atom stereocenters. The van der Waals surface area contributed by atoms with Crippen molar-refractivity contribution in [3.8, 4) is 0 Å². The fraction of sp³-hybridized carbons (Fsp3) is 0.421. The highest BCUT2D eigenvalue weighted by molar-refractivity contribution is 6.21. The predicted molar refractivity (Wildman–Crippen MR) is 89.9 cm³/mol. The fourth-order valence-electron chi connectivity index (χ4n) is 2.98. The normalized spacial score (nSPS) is 20.3. The molecular formula is C19H23NO3. The molecule has 0 saturated carbocycles. The molecule has 1 aromatic rings. The lowest BCUT2D eigenvalue weighted by Crippen LogP contribution is -2.37. The zero-order chi connectivity index (χ0) is 17.0. The van der Waals surface area contributed by atoms with Gasteiger partial charge in [-0.15, -0.1) is 0 Å². The molecule has 1 aliphatic heterocycles. The van der Waals surface area contributed by atoms with Crippen LogP contribution in [0.1, 0.15) is 40.0 Å². The van der Waals surface area contributed by atoms with Crippen molar-refractivity contribution in [2.75, 3.05) is 4.90 Å². The number of carbonyl (C=O) groups is 3. The number of amides is 2. The number of hydrogen-bond donors (Lipinski definition) is 0. The van der Waals surface area contributed by atoms with Gasteiger partial charge in [0.2, 0.25) is 11.8 Å². The summed E-state index contributed by atoms with van der Waals surface area (Å²) in [5, 5.41) is 0. The predicted octanol–water partition coefficient (Wildman–Crippen LogP) is 3.52. The molecule has 122 valence electrons. The first-order valence-electron chi connectivity index (χ1n) is 7.90. The van der Waals surface area contributed by atoms with E-state index in [1.54, 1.807) is 31.2 Å². The Bertz CT molecular complexity index is 631. The maximum atomic E-state index is 12.7. The summed E-state index contributed by atoms with van der Waals surface area (Å²) in [5.41, 5.74) is 0.933. The third kappa shape index (κ3) is 3.58. The summed E-state index contributed by atoms with van der Waals surface area (Å²) < 4.78 is 0. The molecule has 0 aliphatic carbocycles. The van der Waals surface area contributed by atoms with Crippen LogP contribution < -0.4 is 4.90 Å². The summed E-state index contributed by atoms with van der Waals surface area (Å²) in [5.74, 6) is -1.09. The third-order valence-electron chi connectivity index (χ3n) is 4.46. The number of allylic oxidation sites excluding steroid dienone is 2. The molecule has 0 radical (unpaired) electrons. The highest BCUT2D eigenvalue weighted by atomic mass is 16.2. The molecule has 1 saturated heterocycles. The molecule has 1 aliphatic rings. The lowest BCUT2D eigenvalue weighted by Gasteiger charge is -2.28. The summed E-state index contributed by atoms with van der Waals surface area (Å²) in [7, 11) is 0. The van der Waals surface area contributed by atoms with E-state index in [4.69, 9.17) is 0 Å². The van der Waals surface area contributed by atoms with E-state index in [0.717, 1.165) is 12.7 Å². The Morgan fingerprint density at radius 2 is 1.91 bits per heavy atom. The highest BCUT2D eigenvalue weighted by Crippen LogP contribution is 2.40. The Morgan fingerprint density at radius 1 is 1.26 bits per heavy atom. The van der Waals surface area contributed by atoms with Gasteiger partial charge in [-0.05, 0) is 38.8 Å². The van der Waals surface area contributed by atoms with E-state index < -0.39 is 11.3 Å². The van der Waals surface area contributed by atoms with Crippen LogP contribution in [0.2, 0.25) is 0 Å². The van der Waals surface area contributed by atoms with E-state index in [-0.39, 0.29) is 18.2 Å². The number of hydrogen-bond acceptors (Lipinski definition) is 3. The first kappa shape index (κ1) is 17.1. The molecule has 0 spiro atoms. The van der Waals surface area contributed by atoms with Crippen molar-refractivity contribution in [3.63, 3.8) is 0 Å². The van der Waals surface area contributed by atoms with Gasteiger partial charge in [0.15, 0.2) is 0 Å². The molecule has 4 nitrogen and oxygen atoms in total. The zero-order valence-electron chi connectivity index (χ0n) is 13.9. The van der Waals surface area contributed by atoms with Gasteiger partial charge in [-0.2, -0.15) is 0 Å². The van der Waals surface area contributed by atoms with E-state index in [9.17, 15) is 14.4 Å². The number of carbonyl (C=O) groups excluding carboxylic acids is 3. The average molecular weight is 313 g/mol. The quantitative estimate of drug-likeness (QED) is 0.459. The number of aldehydes is 1. The molecule has 1 fully saturated rings. The number of anilines is 1. The Labute approximate surface area is 137 Å². The van der Waals surface area contributed by atoms with Gasteiger partial charge in [0.25, 0.3) is 0 Å². The minimum Gasteiger partial charge on any atom is -0.303 e. The van der Waals surface area contributed by atoms with Crippen LogP contribution in [0, 0.1) is 11.3 Å². The highest BCUT2D eigenvalue weighted by Gasteiger charge is 2.48. The minimum absolute atomic E-state index is 0.0950. The molecule has 23 heavy (non-hydrogen) atoms. The number of imide groups is 1. The second-order valence-corrected chi connectivity index (χ2v) is 6.60. The topological polar surface area (TPSA) is 54.5 Å². The van der Waals surface area contributed by atoms with Gasteiger partial charge in [0, 0.05) is 11.8 Å². The number of rotatable bonds is 6. The van der Waals surface area contributed by atoms with Crippen molar-refractivity contribution < 1.29 is 14.4 Å². The SMILES string of the molecule is CC(C)=CCCC(C)(C=O)[C@H]1CC(=O)N(c2ccccc2)C1=O. The van der Waals surface area contributed by atoms with Gasteiger partial charge in [-0.3, -0.25) is 14.5 Å². The Balaban J connectivity index is 2.22. The maximum absolute atomic E-state index is 12.7. The van der Waals surface area contributed by atoms with Crippen molar-refractivity contribution >= 4 is 23.8 Å². The van der Waals surface area contributed by atoms with Crippen LogP contribution in [0.4, 0.5) is 5.69 Å². The largest absolute Gasteiger partial charge is 0.303 e. The van der Waals surface area contributed by atoms with Crippen molar-refractivity contribution in [3.05, 3.63) is 42.0 Å². The van der Waals surface area contributed by atoms with Crippen LogP contribution in [0.25, 0.3) is 0 Å². The van der Waals surface area contributed by atoms with Crippen LogP contribution in [0.3, 0.4) is 0 Å². The first-order chi connectivity index (χ1) is 10.9. The van der Waals surface area contributed by atoms with Gasteiger partial charge >= 0.3 is 0 Å². The lowest BCUT2D eigenvalue weighted by atomic mass is 9.74. The summed E-state index contributed by atoms with van der Waals surface area (Å²) >= 11 is 0. The number of para-hydroxylation sites is 1. The molecule has 0 bridgehead atoms. The van der Waals surface area contributed by atoms with Gasteiger partial charge < -0.3 is 4.79 Å². The smallest absolute Gasteiger partial charge is 0.238 e. The van der Waals surface area contributed by atoms with E-state index in [2.05, 4.69) is 6.08 Å². The summed E-state index contributed by atoms with van der Waals surface area (Å²) in [6.07, 6.45) is 4.28. The van der Waals surface area contributed by atoms with Crippen LogP contribution in [-0.4, -0.2) is 18.1 Å². The first-order valence-corrected chi connectivity index (χ1v) is 7.90. The zero-order valence-corrected chi connectivity index (χ0v) is 13.9. The van der Waals surface area contributed by atoms with Crippen LogP contribution in [-0.2, 0) is 14.4 Å². The molecule has 0 N–H and O–H groups in total. The van der Waals surface area contributed by atoms with Crippen molar-refractivity contribution in [2.45, 2.75) is 40.0 Å². The van der Waals surface area contributed by atoms with E-state index in [1.165, 1.54) is 10.5 Å². The molecule has 1 heterocycles. The van der Waals surface area contributed by atoms with Gasteiger partial charge in [0.05, 0.1) is 11.6 Å². The second kappa shape index (κ2) is 6.90. The van der Waals surface area contributed by atoms with Crippen LogP contribution in [0.5, 0.6) is 0 Å². The Hall–Kier alpha value is -2.23. The van der Waals surface area contributed by atoms with E-state index >= 15 is 0 Å². The number of benzene rings is 1. The molecule has 1 aromatic carbocycles. The monoisotopic (exact) mass is 313 g/mol. The number of nitrogens with zero attached hydrogens (tertiary/aromatic N) is 1. The van der Waals surface area contributed by atoms with Crippen molar-refractivity contribution in [2.24, 2.45) is 11.3 Å². The molecule has 2 amide bonds. The molecule has 1 unspecified atom stereocenters. The van der Waals surface area contributed by atoms with Crippen molar-refractivity contribution in [1.29, 1.82) is 0 Å². The average Bonchev–Trinajstić information content (AvgIpc) is 2.83. The third-order valence-corrected chi connectivity index (χ3v) is 4.46. The Morgan fingerprint density at radius 3 is 2.48 bits per heavy atom.